The van der Waals surface area contributed by atoms with Gasteiger partial charge in [-0.2, -0.15) is 0 Å². The average Bonchev–Trinajstić information content (AvgIpc) is 2.46. The molecular formula is C18H31NO. The van der Waals surface area contributed by atoms with Gasteiger partial charge in [0.15, 0.2) is 0 Å². The molecule has 0 heterocycles. The zero-order valence-electron chi connectivity index (χ0n) is 13.3. The Hall–Kier alpha value is -1.02. The van der Waals surface area contributed by atoms with Gasteiger partial charge in [0.25, 0.3) is 0 Å². The van der Waals surface area contributed by atoms with Crippen molar-refractivity contribution in [1.82, 2.24) is 5.32 Å². The van der Waals surface area contributed by atoms with Crippen LogP contribution >= 0.6 is 0 Å². The van der Waals surface area contributed by atoms with Crippen LogP contribution in [0.25, 0.3) is 0 Å². The van der Waals surface area contributed by atoms with Gasteiger partial charge in [0.1, 0.15) is 5.75 Å². The summed E-state index contributed by atoms with van der Waals surface area (Å²) in [7, 11) is 0. The molecule has 0 saturated carbocycles. The average molecular weight is 277 g/mol. The van der Waals surface area contributed by atoms with Crippen LogP contribution in [0, 0.1) is 0 Å². The van der Waals surface area contributed by atoms with E-state index < -0.39 is 0 Å². The number of ether oxygens (including phenoxy) is 1. The summed E-state index contributed by atoms with van der Waals surface area (Å²) in [6.07, 6.45) is 9.59. The summed E-state index contributed by atoms with van der Waals surface area (Å²) < 4.78 is 5.51. The Kier molecular flexibility index (Phi) is 10.0. The molecule has 0 aliphatic carbocycles. The lowest BCUT2D eigenvalue weighted by Crippen LogP contribution is -2.14. The van der Waals surface area contributed by atoms with Gasteiger partial charge in [-0.15, -0.1) is 0 Å². The van der Waals surface area contributed by atoms with Crippen molar-refractivity contribution in [2.45, 2.75) is 65.3 Å². The maximum atomic E-state index is 5.51. The first-order valence-electron chi connectivity index (χ1n) is 8.29. The second-order valence-electron chi connectivity index (χ2n) is 5.38. The first-order valence-corrected chi connectivity index (χ1v) is 8.29. The van der Waals surface area contributed by atoms with E-state index in [1.54, 1.807) is 0 Å². The topological polar surface area (TPSA) is 21.3 Å². The minimum atomic E-state index is 0.731. The van der Waals surface area contributed by atoms with E-state index in [0.29, 0.717) is 0 Å². The van der Waals surface area contributed by atoms with Gasteiger partial charge in [0, 0.05) is 6.54 Å². The molecule has 1 N–H and O–H groups in total. The quantitative estimate of drug-likeness (QED) is 0.547. The number of unbranched alkanes of at least 4 members (excludes halogenated alkanes) is 6. The van der Waals surface area contributed by atoms with Crippen LogP contribution in [-0.2, 0) is 6.54 Å². The zero-order chi connectivity index (χ0) is 14.5. The van der Waals surface area contributed by atoms with Crippen LogP contribution in [0.15, 0.2) is 24.3 Å². The van der Waals surface area contributed by atoms with Crippen molar-refractivity contribution in [2.75, 3.05) is 13.2 Å². The molecule has 0 fully saturated rings. The molecule has 0 saturated heterocycles. The maximum absolute atomic E-state index is 5.51. The van der Waals surface area contributed by atoms with Crippen LogP contribution in [0.2, 0.25) is 0 Å². The standard InChI is InChI=1S/C18H31NO/c1-3-5-6-7-8-9-10-14-19-16-17-12-11-13-18(15-17)20-4-2/h11-13,15,19H,3-10,14,16H2,1-2H3. The number of hydrogen-bond acceptors (Lipinski definition) is 2. The van der Waals surface area contributed by atoms with Crippen molar-refractivity contribution in [2.24, 2.45) is 0 Å². The van der Waals surface area contributed by atoms with Gasteiger partial charge in [-0.25, -0.2) is 0 Å². The fraction of sp³-hybridized carbons (Fsp3) is 0.667. The fourth-order valence-corrected chi connectivity index (χ4v) is 2.35. The molecule has 0 aromatic heterocycles. The molecule has 0 aliphatic rings. The van der Waals surface area contributed by atoms with Crippen LogP contribution in [0.3, 0.4) is 0 Å². The van der Waals surface area contributed by atoms with Gasteiger partial charge >= 0.3 is 0 Å². The molecule has 0 unspecified atom stereocenters. The van der Waals surface area contributed by atoms with Crippen LogP contribution in [0.4, 0.5) is 0 Å². The molecule has 0 bridgehead atoms. The van der Waals surface area contributed by atoms with Crippen molar-refractivity contribution in [1.29, 1.82) is 0 Å². The molecule has 1 rings (SSSR count). The lowest BCUT2D eigenvalue weighted by Gasteiger charge is -2.07. The molecule has 1 aromatic carbocycles. The zero-order valence-corrected chi connectivity index (χ0v) is 13.3. The Morgan fingerprint density at radius 3 is 2.45 bits per heavy atom. The molecule has 114 valence electrons. The van der Waals surface area contributed by atoms with E-state index in [-0.39, 0.29) is 0 Å². The van der Waals surface area contributed by atoms with E-state index in [4.69, 9.17) is 4.74 Å². The van der Waals surface area contributed by atoms with E-state index in [2.05, 4.69) is 30.4 Å². The Bertz CT molecular complexity index is 338. The highest BCUT2D eigenvalue weighted by atomic mass is 16.5. The summed E-state index contributed by atoms with van der Waals surface area (Å²) in [5.41, 5.74) is 1.30. The highest BCUT2D eigenvalue weighted by Gasteiger charge is 1.96. The molecule has 0 atom stereocenters. The lowest BCUT2D eigenvalue weighted by molar-refractivity contribution is 0.340. The van der Waals surface area contributed by atoms with Crippen molar-refractivity contribution < 1.29 is 4.74 Å². The van der Waals surface area contributed by atoms with Crippen molar-refractivity contribution in [3.63, 3.8) is 0 Å². The summed E-state index contributed by atoms with van der Waals surface area (Å²) in [5, 5.41) is 3.52. The summed E-state index contributed by atoms with van der Waals surface area (Å²) in [6, 6.07) is 8.36. The number of benzene rings is 1. The first-order chi connectivity index (χ1) is 9.86. The maximum Gasteiger partial charge on any atom is 0.119 e. The molecule has 0 aliphatic heterocycles. The van der Waals surface area contributed by atoms with Gasteiger partial charge in [0.2, 0.25) is 0 Å². The van der Waals surface area contributed by atoms with Crippen LogP contribution in [0.1, 0.15) is 64.4 Å². The third-order valence-electron chi connectivity index (χ3n) is 3.50. The summed E-state index contributed by atoms with van der Waals surface area (Å²) >= 11 is 0. The van der Waals surface area contributed by atoms with Crippen molar-refractivity contribution >= 4 is 0 Å². The SMILES string of the molecule is CCCCCCCCCNCc1cccc(OCC)c1. The van der Waals surface area contributed by atoms with Crippen LogP contribution in [-0.4, -0.2) is 13.2 Å². The monoisotopic (exact) mass is 277 g/mol. The van der Waals surface area contributed by atoms with E-state index in [1.807, 2.05) is 13.0 Å². The third kappa shape index (κ3) is 8.21. The van der Waals surface area contributed by atoms with Gasteiger partial charge in [-0.3, -0.25) is 0 Å². The third-order valence-corrected chi connectivity index (χ3v) is 3.50. The summed E-state index contributed by atoms with van der Waals surface area (Å²) in [6.45, 7) is 7.08. The Balaban J connectivity index is 2.02. The first kappa shape index (κ1) is 17.0. The molecule has 2 heteroatoms. The molecule has 20 heavy (non-hydrogen) atoms. The van der Waals surface area contributed by atoms with E-state index in [0.717, 1.165) is 25.4 Å². The smallest absolute Gasteiger partial charge is 0.119 e. The fourth-order valence-electron chi connectivity index (χ4n) is 2.35. The lowest BCUT2D eigenvalue weighted by atomic mass is 10.1. The molecule has 1 aromatic rings. The molecule has 0 amide bonds. The predicted octanol–water partition coefficient (Wildman–Crippen LogP) is 4.93. The van der Waals surface area contributed by atoms with Crippen LogP contribution < -0.4 is 10.1 Å². The van der Waals surface area contributed by atoms with E-state index >= 15 is 0 Å². The number of hydrogen-bond donors (Lipinski definition) is 1. The Morgan fingerprint density at radius 2 is 1.70 bits per heavy atom. The molecular weight excluding hydrogens is 246 g/mol. The van der Waals surface area contributed by atoms with Gasteiger partial charge in [-0.1, -0.05) is 57.6 Å². The normalized spacial score (nSPS) is 10.7. The molecule has 0 spiro atoms. The second kappa shape index (κ2) is 11.8. The molecule has 0 radical (unpaired) electrons. The van der Waals surface area contributed by atoms with Crippen molar-refractivity contribution in [3.05, 3.63) is 29.8 Å². The number of rotatable bonds is 12. The Labute approximate surface area is 124 Å². The summed E-state index contributed by atoms with van der Waals surface area (Å²) in [4.78, 5) is 0. The van der Waals surface area contributed by atoms with Gasteiger partial charge < -0.3 is 10.1 Å². The van der Waals surface area contributed by atoms with Gasteiger partial charge in [-0.05, 0) is 37.6 Å². The van der Waals surface area contributed by atoms with Gasteiger partial charge in [0.05, 0.1) is 6.61 Å². The van der Waals surface area contributed by atoms with E-state index in [1.165, 1.54) is 50.5 Å². The van der Waals surface area contributed by atoms with Crippen LogP contribution in [0.5, 0.6) is 5.75 Å². The van der Waals surface area contributed by atoms with Crippen molar-refractivity contribution in [3.8, 4) is 5.75 Å². The highest BCUT2D eigenvalue weighted by molar-refractivity contribution is 5.28. The molecule has 2 nitrogen and oxygen atoms in total. The highest BCUT2D eigenvalue weighted by Crippen LogP contribution is 2.13. The minimum absolute atomic E-state index is 0.731. The minimum Gasteiger partial charge on any atom is -0.494 e. The number of nitrogens with one attached hydrogen (secondary N) is 1. The van der Waals surface area contributed by atoms with E-state index in [9.17, 15) is 0 Å². The Morgan fingerprint density at radius 1 is 0.950 bits per heavy atom. The predicted molar refractivity (Wildman–Crippen MR) is 87.3 cm³/mol. The summed E-state index contributed by atoms with van der Waals surface area (Å²) in [5.74, 6) is 0.975. The second-order valence-corrected chi connectivity index (χ2v) is 5.38. The largest absolute Gasteiger partial charge is 0.494 e.